The van der Waals surface area contributed by atoms with Crippen LogP contribution in [0, 0.1) is 0 Å². The van der Waals surface area contributed by atoms with Gasteiger partial charge in [0.2, 0.25) is 0 Å². The number of amides is 1. The van der Waals surface area contributed by atoms with Crippen molar-refractivity contribution >= 4 is 28.2 Å². The van der Waals surface area contributed by atoms with Crippen LogP contribution >= 0.6 is 0 Å². The van der Waals surface area contributed by atoms with Crippen molar-refractivity contribution in [1.82, 2.24) is 15.5 Å². The molecule has 0 atom stereocenters. The average molecular weight is 379 g/mol. The van der Waals surface area contributed by atoms with E-state index in [0.717, 1.165) is 16.5 Å². The van der Waals surface area contributed by atoms with Crippen LogP contribution in [0.5, 0.6) is 5.75 Å². The lowest BCUT2D eigenvalue weighted by atomic mass is 10.0. The lowest BCUT2D eigenvalue weighted by Gasteiger charge is -2.14. The first-order chi connectivity index (χ1) is 13.6. The third-order valence-corrected chi connectivity index (χ3v) is 4.29. The van der Waals surface area contributed by atoms with Crippen molar-refractivity contribution in [2.75, 3.05) is 44.0 Å². The van der Waals surface area contributed by atoms with E-state index in [2.05, 4.69) is 20.8 Å². The summed E-state index contributed by atoms with van der Waals surface area (Å²) in [6, 6.07) is 13.5. The number of hydrogen-bond donors (Lipinski definition) is 2. The van der Waals surface area contributed by atoms with Gasteiger partial charge in [-0.3, -0.25) is 4.79 Å². The largest absolute Gasteiger partial charge is 0.493 e. The molecule has 3 rings (SSSR count). The third kappa shape index (κ3) is 4.49. The Kier molecular flexibility index (Phi) is 6.26. The molecule has 1 aromatic heterocycles. The highest BCUT2D eigenvalue weighted by Gasteiger charge is 2.16. The summed E-state index contributed by atoms with van der Waals surface area (Å²) in [5.74, 6) is 1.10. The normalized spacial score (nSPS) is 10.5. The number of hydrogen-bond acceptors (Lipinski definition) is 6. The zero-order valence-electron chi connectivity index (χ0n) is 16.4. The van der Waals surface area contributed by atoms with E-state index in [1.165, 1.54) is 0 Å². The molecule has 0 bridgehead atoms. The number of carbonyl (C=O) groups is 1. The van der Waals surface area contributed by atoms with E-state index in [1.54, 1.807) is 6.20 Å². The maximum absolute atomic E-state index is 12.9. The molecule has 0 aliphatic rings. The summed E-state index contributed by atoms with van der Waals surface area (Å²) < 4.78 is 5.68. The lowest BCUT2D eigenvalue weighted by Crippen LogP contribution is -2.29. The molecular formula is C21H25N5O2. The first-order valence-corrected chi connectivity index (χ1v) is 9.27. The topological polar surface area (TPSA) is 79.4 Å². The molecule has 2 aromatic carbocycles. The van der Waals surface area contributed by atoms with Gasteiger partial charge < -0.3 is 20.3 Å². The molecule has 0 aliphatic carbocycles. The molecule has 0 fully saturated rings. The van der Waals surface area contributed by atoms with E-state index in [0.29, 0.717) is 36.8 Å². The highest BCUT2D eigenvalue weighted by Crippen LogP contribution is 2.28. The number of nitrogens with one attached hydrogen (secondary N) is 2. The number of aromatic nitrogens is 2. The summed E-state index contributed by atoms with van der Waals surface area (Å²) in [5, 5.41) is 16.0. The third-order valence-electron chi connectivity index (χ3n) is 4.29. The van der Waals surface area contributed by atoms with E-state index in [9.17, 15) is 4.79 Å². The second kappa shape index (κ2) is 9.03. The van der Waals surface area contributed by atoms with Crippen LogP contribution in [0.4, 0.5) is 11.5 Å². The van der Waals surface area contributed by atoms with E-state index in [1.807, 2.05) is 68.4 Å². The van der Waals surface area contributed by atoms with Crippen LogP contribution in [0.25, 0.3) is 10.8 Å². The van der Waals surface area contributed by atoms with Crippen molar-refractivity contribution in [3.63, 3.8) is 0 Å². The highest BCUT2D eigenvalue weighted by molar-refractivity contribution is 6.09. The Morgan fingerprint density at radius 2 is 1.96 bits per heavy atom. The summed E-state index contributed by atoms with van der Waals surface area (Å²) in [6.07, 6.45) is 1.70. The monoisotopic (exact) mass is 379 g/mol. The molecule has 28 heavy (non-hydrogen) atoms. The molecule has 0 saturated heterocycles. The number of ether oxygens (including phenoxy) is 1. The smallest absolute Gasteiger partial charge is 0.255 e. The van der Waals surface area contributed by atoms with Crippen LogP contribution in [0.1, 0.15) is 17.3 Å². The fourth-order valence-corrected chi connectivity index (χ4v) is 2.90. The second-order valence-corrected chi connectivity index (χ2v) is 6.47. The van der Waals surface area contributed by atoms with Crippen LogP contribution in [0.2, 0.25) is 0 Å². The van der Waals surface area contributed by atoms with Crippen molar-refractivity contribution in [1.29, 1.82) is 0 Å². The molecular weight excluding hydrogens is 354 g/mol. The predicted molar refractivity (Wildman–Crippen MR) is 112 cm³/mol. The standard InChI is InChI=1S/C21H25N5O2/c1-4-28-18-10-9-15-7-5-6-8-17(15)20(18)21(27)23-12-11-22-19-13-16(26(2)3)14-24-25-19/h5-10,13-14H,4,11-12H2,1-3H3,(H,22,25)(H,23,27). The minimum atomic E-state index is -0.157. The molecule has 3 aromatic rings. The number of carbonyl (C=O) groups excluding carboxylic acids is 1. The number of rotatable bonds is 8. The van der Waals surface area contributed by atoms with E-state index >= 15 is 0 Å². The summed E-state index contributed by atoms with van der Waals surface area (Å²) >= 11 is 0. The van der Waals surface area contributed by atoms with Crippen molar-refractivity contribution in [3.05, 3.63) is 54.2 Å². The van der Waals surface area contributed by atoms with E-state index in [4.69, 9.17) is 4.74 Å². The minimum absolute atomic E-state index is 0.157. The van der Waals surface area contributed by atoms with E-state index < -0.39 is 0 Å². The molecule has 0 spiro atoms. The first kappa shape index (κ1) is 19.4. The Bertz CT molecular complexity index is 958. The average Bonchev–Trinajstić information content (AvgIpc) is 2.71. The molecule has 7 nitrogen and oxygen atoms in total. The number of anilines is 2. The summed E-state index contributed by atoms with van der Waals surface area (Å²) in [4.78, 5) is 14.8. The molecule has 7 heteroatoms. The molecule has 0 saturated carbocycles. The number of benzene rings is 2. The zero-order valence-corrected chi connectivity index (χ0v) is 16.4. The van der Waals surface area contributed by atoms with Crippen LogP contribution < -0.4 is 20.3 Å². The lowest BCUT2D eigenvalue weighted by molar-refractivity contribution is 0.0953. The van der Waals surface area contributed by atoms with Gasteiger partial charge in [0.05, 0.1) is 24.1 Å². The minimum Gasteiger partial charge on any atom is -0.493 e. The molecule has 1 heterocycles. The van der Waals surface area contributed by atoms with Gasteiger partial charge in [-0.25, -0.2) is 0 Å². The van der Waals surface area contributed by atoms with Gasteiger partial charge >= 0.3 is 0 Å². The van der Waals surface area contributed by atoms with Gasteiger partial charge in [-0.15, -0.1) is 5.10 Å². The van der Waals surface area contributed by atoms with Crippen molar-refractivity contribution in [2.45, 2.75) is 6.92 Å². The first-order valence-electron chi connectivity index (χ1n) is 9.27. The van der Waals surface area contributed by atoms with Gasteiger partial charge in [-0.05, 0) is 23.8 Å². The maximum atomic E-state index is 12.9. The fourth-order valence-electron chi connectivity index (χ4n) is 2.90. The van der Waals surface area contributed by atoms with Gasteiger partial charge in [0.15, 0.2) is 5.82 Å². The van der Waals surface area contributed by atoms with E-state index in [-0.39, 0.29) is 5.91 Å². The summed E-state index contributed by atoms with van der Waals surface area (Å²) in [5.41, 5.74) is 1.52. The van der Waals surface area contributed by atoms with Gasteiger partial charge in [0.25, 0.3) is 5.91 Å². The van der Waals surface area contributed by atoms with Crippen LogP contribution in [-0.4, -0.2) is 49.9 Å². The van der Waals surface area contributed by atoms with Crippen LogP contribution in [-0.2, 0) is 0 Å². The SMILES string of the molecule is CCOc1ccc2ccccc2c1C(=O)NCCNc1cc(N(C)C)cnn1. The zero-order chi connectivity index (χ0) is 19.9. The number of fused-ring (bicyclic) bond motifs is 1. The summed E-state index contributed by atoms with van der Waals surface area (Å²) in [6.45, 7) is 3.39. The highest BCUT2D eigenvalue weighted by atomic mass is 16.5. The van der Waals surface area contributed by atoms with Crippen molar-refractivity contribution in [2.24, 2.45) is 0 Å². The molecule has 0 radical (unpaired) electrons. The Morgan fingerprint density at radius 1 is 1.14 bits per heavy atom. The Balaban J connectivity index is 1.66. The Hall–Kier alpha value is -3.35. The van der Waals surface area contributed by atoms with Crippen molar-refractivity contribution in [3.8, 4) is 5.75 Å². The van der Waals surface area contributed by atoms with Gasteiger partial charge in [0, 0.05) is 33.3 Å². The van der Waals surface area contributed by atoms with Gasteiger partial charge in [-0.2, -0.15) is 5.10 Å². The molecule has 0 aliphatic heterocycles. The fraction of sp³-hybridized carbons (Fsp3) is 0.286. The summed E-state index contributed by atoms with van der Waals surface area (Å²) in [7, 11) is 3.89. The Morgan fingerprint density at radius 3 is 2.75 bits per heavy atom. The van der Waals surface area contributed by atoms with Gasteiger partial charge in [0.1, 0.15) is 5.75 Å². The molecule has 1 amide bonds. The van der Waals surface area contributed by atoms with Crippen LogP contribution in [0.15, 0.2) is 48.7 Å². The van der Waals surface area contributed by atoms with Crippen LogP contribution in [0.3, 0.4) is 0 Å². The number of nitrogens with zero attached hydrogens (tertiary/aromatic N) is 3. The maximum Gasteiger partial charge on any atom is 0.255 e. The molecule has 0 unspecified atom stereocenters. The quantitative estimate of drug-likeness (QED) is 0.586. The predicted octanol–water partition coefficient (Wildman–Crippen LogP) is 2.94. The molecule has 2 N–H and O–H groups in total. The van der Waals surface area contributed by atoms with Crippen molar-refractivity contribution < 1.29 is 9.53 Å². The molecule has 146 valence electrons. The Labute approximate surface area is 164 Å². The van der Waals surface area contributed by atoms with Gasteiger partial charge in [-0.1, -0.05) is 30.3 Å². The second-order valence-electron chi connectivity index (χ2n) is 6.47.